The van der Waals surface area contributed by atoms with E-state index in [4.69, 9.17) is 9.47 Å². The predicted octanol–water partition coefficient (Wildman–Crippen LogP) is 2.39. The Labute approximate surface area is 150 Å². The molecular formula is C18H19N5O3. The summed E-state index contributed by atoms with van der Waals surface area (Å²) >= 11 is 0. The number of anilines is 1. The summed E-state index contributed by atoms with van der Waals surface area (Å²) in [5, 5.41) is 14.9. The number of benzene rings is 2. The number of nitrogens with zero attached hydrogens (tertiary/aromatic N) is 4. The smallest absolute Gasteiger partial charge is 0.248 e. The van der Waals surface area contributed by atoms with Gasteiger partial charge in [0.05, 0.1) is 13.7 Å². The molecular weight excluding hydrogens is 334 g/mol. The molecule has 0 bridgehead atoms. The Morgan fingerprint density at radius 3 is 2.42 bits per heavy atom. The zero-order chi connectivity index (χ0) is 18.4. The molecule has 0 fully saturated rings. The van der Waals surface area contributed by atoms with Crippen LogP contribution in [0.3, 0.4) is 0 Å². The molecule has 1 amide bonds. The molecule has 134 valence electrons. The predicted molar refractivity (Wildman–Crippen MR) is 96.0 cm³/mol. The summed E-state index contributed by atoms with van der Waals surface area (Å²) in [7, 11) is 1.60. The van der Waals surface area contributed by atoms with Gasteiger partial charge in [-0.2, -0.15) is 4.80 Å². The molecule has 3 aromatic rings. The van der Waals surface area contributed by atoms with Gasteiger partial charge in [-0.3, -0.25) is 4.79 Å². The van der Waals surface area contributed by atoms with Crippen molar-refractivity contribution in [2.75, 3.05) is 19.0 Å². The molecule has 0 radical (unpaired) electrons. The van der Waals surface area contributed by atoms with Gasteiger partial charge in [0, 0.05) is 11.3 Å². The first-order chi connectivity index (χ1) is 12.7. The van der Waals surface area contributed by atoms with E-state index in [9.17, 15) is 4.79 Å². The molecule has 0 aliphatic rings. The number of rotatable bonds is 7. The van der Waals surface area contributed by atoms with Gasteiger partial charge < -0.3 is 14.8 Å². The molecule has 0 spiro atoms. The van der Waals surface area contributed by atoms with Crippen LogP contribution in [0.5, 0.6) is 11.5 Å². The second-order valence-electron chi connectivity index (χ2n) is 5.38. The second kappa shape index (κ2) is 8.11. The minimum atomic E-state index is -0.243. The van der Waals surface area contributed by atoms with Crippen LogP contribution in [0.1, 0.15) is 6.92 Å². The summed E-state index contributed by atoms with van der Waals surface area (Å²) in [6.07, 6.45) is 0. The monoisotopic (exact) mass is 353 g/mol. The Morgan fingerprint density at radius 1 is 1.08 bits per heavy atom. The molecule has 1 N–H and O–H groups in total. The average molecular weight is 353 g/mol. The number of ether oxygens (including phenoxy) is 2. The topological polar surface area (TPSA) is 91.2 Å². The molecule has 8 heteroatoms. The van der Waals surface area contributed by atoms with E-state index < -0.39 is 0 Å². The van der Waals surface area contributed by atoms with Crippen molar-refractivity contribution in [3.8, 4) is 22.9 Å². The first kappa shape index (κ1) is 17.4. The summed E-state index contributed by atoms with van der Waals surface area (Å²) in [6.45, 7) is 2.48. The van der Waals surface area contributed by atoms with Crippen molar-refractivity contribution in [2.24, 2.45) is 0 Å². The molecule has 0 aliphatic carbocycles. The van der Waals surface area contributed by atoms with Crippen LogP contribution in [0.2, 0.25) is 0 Å². The lowest BCUT2D eigenvalue weighted by Crippen LogP contribution is -2.20. The highest BCUT2D eigenvalue weighted by molar-refractivity contribution is 5.90. The second-order valence-corrected chi connectivity index (χ2v) is 5.38. The molecule has 26 heavy (non-hydrogen) atoms. The van der Waals surface area contributed by atoms with Crippen LogP contribution in [0, 0.1) is 0 Å². The Balaban J connectivity index is 1.60. The van der Waals surface area contributed by atoms with Gasteiger partial charge in [-0.25, -0.2) is 0 Å². The number of tetrazole rings is 1. The molecule has 2 aromatic carbocycles. The number of carbonyl (C=O) groups excluding carboxylic acids is 1. The maximum atomic E-state index is 12.1. The third kappa shape index (κ3) is 4.35. The number of hydrogen-bond acceptors (Lipinski definition) is 6. The van der Waals surface area contributed by atoms with Crippen molar-refractivity contribution in [2.45, 2.75) is 13.5 Å². The fourth-order valence-corrected chi connectivity index (χ4v) is 2.30. The van der Waals surface area contributed by atoms with Gasteiger partial charge in [-0.1, -0.05) is 0 Å². The van der Waals surface area contributed by atoms with E-state index in [2.05, 4.69) is 20.7 Å². The Morgan fingerprint density at radius 2 is 1.77 bits per heavy atom. The van der Waals surface area contributed by atoms with Crippen LogP contribution in [-0.4, -0.2) is 39.8 Å². The summed E-state index contributed by atoms with van der Waals surface area (Å²) in [4.78, 5) is 13.4. The first-order valence-corrected chi connectivity index (χ1v) is 8.13. The molecule has 0 aliphatic heterocycles. The molecule has 1 heterocycles. The van der Waals surface area contributed by atoms with Crippen LogP contribution >= 0.6 is 0 Å². The van der Waals surface area contributed by atoms with Crippen molar-refractivity contribution >= 4 is 11.6 Å². The van der Waals surface area contributed by atoms with Gasteiger partial charge in [-0.05, 0) is 60.7 Å². The lowest BCUT2D eigenvalue weighted by Gasteiger charge is -2.06. The zero-order valence-corrected chi connectivity index (χ0v) is 14.5. The van der Waals surface area contributed by atoms with E-state index in [0.717, 1.165) is 17.1 Å². The quantitative estimate of drug-likeness (QED) is 0.701. The summed E-state index contributed by atoms with van der Waals surface area (Å²) in [5.74, 6) is 1.71. The molecule has 0 atom stereocenters. The van der Waals surface area contributed by atoms with Crippen LogP contribution in [0.4, 0.5) is 5.69 Å². The molecule has 0 saturated carbocycles. The van der Waals surface area contributed by atoms with Gasteiger partial charge in [0.15, 0.2) is 0 Å². The largest absolute Gasteiger partial charge is 0.497 e. The lowest BCUT2D eigenvalue weighted by atomic mass is 10.2. The van der Waals surface area contributed by atoms with Crippen LogP contribution in [0.15, 0.2) is 48.5 Å². The fraction of sp³-hybridized carbons (Fsp3) is 0.222. The molecule has 3 rings (SSSR count). The minimum absolute atomic E-state index is 0.0314. The van der Waals surface area contributed by atoms with Gasteiger partial charge >= 0.3 is 0 Å². The van der Waals surface area contributed by atoms with Crippen molar-refractivity contribution < 1.29 is 14.3 Å². The lowest BCUT2D eigenvalue weighted by molar-refractivity contribution is -0.117. The highest BCUT2D eigenvalue weighted by Crippen LogP contribution is 2.18. The van der Waals surface area contributed by atoms with E-state index in [-0.39, 0.29) is 12.5 Å². The van der Waals surface area contributed by atoms with Gasteiger partial charge in [0.25, 0.3) is 0 Å². The Kier molecular flexibility index (Phi) is 5.43. The molecule has 1 aromatic heterocycles. The van der Waals surface area contributed by atoms with Crippen molar-refractivity contribution in [1.29, 1.82) is 0 Å². The first-order valence-electron chi connectivity index (χ1n) is 8.13. The van der Waals surface area contributed by atoms with E-state index >= 15 is 0 Å². The number of nitrogens with one attached hydrogen (secondary N) is 1. The summed E-state index contributed by atoms with van der Waals surface area (Å²) < 4.78 is 10.5. The van der Waals surface area contributed by atoms with Crippen molar-refractivity contribution in [3.63, 3.8) is 0 Å². The molecule has 8 nitrogen and oxygen atoms in total. The molecule has 0 unspecified atom stereocenters. The minimum Gasteiger partial charge on any atom is -0.497 e. The number of hydrogen-bond donors (Lipinski definition) is 1. The van der Waals surface area contributed by atoms with Crippen LogP contribution in [-0.2, 0) is 11.3 Å². The van der Waals surface area contributed by atoms with E-state index in [1.165, 1.54) is 4.80 Å². The van der Waals surface area contributed by atoms with E-state index in [1.807, 2.05) is 31.2 Å². The fourth-order valence-electron chi connectivity index (χ4n) is 2.30. The summed E-state index contributed by atoms with van der Waals surface area (Å²) in [6, 6.07) is 14.5. The maximum Gasteiger partial charge on any atom is 0.248 e. The van der Waals surface area contributed by atoms with Crippen LogP contribution < -0.4 is 14.8 Å². The Hall–Kier alpha value is -3.42. The normalized spacial score (nSPS) is 10.4. The van der Waals surface area contributed by atoms with Gasteiger partial charge in [-0.15, -0.1) is 10.2 Å². The molecule has 0 saturated heterocycles. The average Bonchev–Trinajstić information content (AvgIpc) is 3.12. The standard InChI is InChI=1S/C18H19N5O3/c1-3-26-16-10-6-14(7-11-16)19-17(24)12-23-21-18(20-22-23)13-4-8-15(25-2)9-5-13/h4-11H,3,12H2,1-2H3,(H,19,24). The number of amides is 1. The SMILES string of the molecule is CCOc1ccc(NC(=O)Cn2nnc(-c3ccc(OC)cc3)n2)cc1. The Bertz CT molecular complexity index is 859. The van der Waals surface area contributed by atoms with Gasteiger partial charge in [0.1, 0.15) is 18.0 Å². The summed E-state index contributed by atoms with van der Waals surface area (Å²) in [5.41, 5.74) is 1.47. The highest BCUT2D eigenvalue weighted by atomic mass is 16.5. The van der Waals surface area contributed by atoms with Crippen molar-refractivity contribution in [1.82, 2.24) is 20.2 Å². The highest BCUT2D eigenvalue weighted by Gasteiger charge is 2.10. The van der Waals surface area contributed by atoms with Crippen LogP contribution in [0.25, 0.3) is 11.4 Å². The number of methoxy groups -OCH3 is 1. The zero-order valence-electron chi connectivity index (χ0n) is 14.5. The van der Waals surface area contributed by atoms with E-state index in [1.54, 1.807) is 31.4 Å². The van der Waals surface area contributed by atoms with Crippen molar-refractivity contribution in [3.05, 3.63) is 48.5 Å². The third-order valence-corrected chi connectivity index (χ3v) is 3.54. The number of aromatic nitrogens is 4. The maximum absolute atomic E-state index is 12.1. The number of carbonyl (C=O) groups is 1. The van der Waals surface area contributed by atoms with E-state index in [0.29, 0.717) is 18.1 Å². The van der Waals surface area contributed by atoms with Gasteiger partial charge in [0.2, 0.25) is 11.7 Å². The third-order valence-electron chi connectivity index (χ3n) is 3.54.